The molecule has 1 fully saturated rings. The predicted octanol–water partition coefficient (Wildman–Crippen LogP) is 4.73. The van der Waals surface area contributed by atoms with Crippen LogP contribution >= 0.6 is 11.3 Å². The SMILES string of the molecule is CNC(=O)C1(Cc2ccc(-c3ccsc3)cc2)CCN(C(=O)C(C)c2ccccc2)C1. The zero-order valence-electron chi connectivity index (χ0n) is 18.0. The van der Waals surface area contributed by atoms with Crippen LogP contribution in [0.4, 0.5) is 0 Å². The second-order valence-electron chi connectivity index (χ2n) is 8.39. The van der Waals surface area contributed by atoms with Gasteiger partial charge in [-0.2, -0.15) is 11.3 Å². The molecule has 0 radical (unpaired) electrons. The van der Waals surface area contributed by atoms with Gasteiger partial charge in [0.15, 0.2) is 0 Å². The van der Waals surface area contributed by atoms with Crippen molar-refractivity contribution in [3.63, 3.8) is 0 Å². The third-order valence-electron chi connectivity index (χ3n) is 6.40. The minimum Gasteiger partial charge on any atom is -0.359 e. The van der Waals surface area contributed by atoms with Crippen LogP contribution in [0.2, 0.25) is 0 Å². The quantitative estimate of drug-likeness (QED) is 0.612. The maximum absolute atomic E-state index is 13.2. The van der Waals surface area contributed by atoms with Gasteiger partial charge >= 0.3 is 0 Å². The summed E-state index contributed by atoms with van der Waals surface area (Å²) in [6.07, 6.45) is 1.30. The lowest BCUT2D eigenvalue weighted by atomic mass is 9.79. The monoisotopic (exact) mass is 432 g/mol. The van der Waals surface area contributed by atoms with E-state index in [-0.39, 0.29) is 17.7 Å². The fourth-order valence-corrected chi connectivity index (χ4v) is 5.19. The first kappa shape index (κ1) is 21.3. The number of benzene rings is 2. The number of nitrogens with one attached hydrogen (secondary N) is 1. The smallest absolute Gasteiger partial charge is 0.229 e. The molecule has 1 aromatic heterocycles. The molecule has 2 heterocycles. The first-order valence-corrected chi connectivity index (χ1v) is 11.6. The molecular weight excluding hydrogens is 404 g/mol. The molecule has 2 unspecified atom stereocenters. The van der Waals surface area contributed by atoms with Crippen LogP contribution in [0.25, 0.3) is 11.1 Å². The van der Waals surface area contributed by atoms with Crippen molar-refractivity contribution in [3.05, 3.63) is 82.6 Å². The molecule has 0 bridgehead atoms. The summed E-state index contributed by atoms with van der Waals surface area (Å²) in [6, 6.07) is 20.4. The Morgan fingerprint density at radius 1 is 1.06 bits per heavy atom. The van der Waals surface area contributed by atoms with Gasteiger partial charge in [-0.05, 0) is 58.8 Å². The molecule has 1 aliphatic rings. The number of nitrogens with zero attached hydrogens (tertiary/aromatic N) is 1. The standard InChI is InChI=1S/C26H28N2O2S/c1-19(21-6-4-3-5-7-21)24(29)28-14-13-26(18-28,25(30)27-2)16-20-8-10-22(11-9-20)23-12-15-31-17-23/h3-12,15,17,19H,13-14,16,18H2,1-2H3,(H,27,30). The molecule has 1 saturated heterocycles. The number of thiophene rings is 1. The molecule has 4 rings (SSSR count). The Labute approximate surface area is 187 Å². The largest absolute Gasteiger partial charge is 0.359 e. The number of rotatable bonds is 6. The highest BCUT2D eigenvalue weighted by Gasteiger charge is 2.46. The van der Waals surface area contributed by atoms with Crippen molar-refractivity contribution < 1.29 is 9.59 Å². The summed E-state index contributed by atoms with van der Waals surface area (Å²) in [5.41, 5.74) is 3.93. The van der Waals surface area contributed by atoms with Crippen molar-refractivity contribution in [2.24, 2.45) is 5.41 Å². The molecule has 2 aromatic carbocycles. The van der Waals surface area contributed by atoms with Gasteiger partial charge in [0, 0.05) is 20.1 Å². The number of carbonyl (C=O) groups excluding carboxylic acids is 2. The van der Waals surface area contributed by atoms with Crippen molar-refractivity contribution in [3.8, 4) is 11.1 Å². The lowest BCUT2D eigenvalue weighted by Gasteiger charge is -2.28. The van der Waals surface area contributed by atoms with Crippen LogP contribution in [0.3, 0.4) is 0 Å². The molecule has 1 N–H and O–H groups in total. The van der Waals surface area contributed by atoms with Crippen LogP contribution in [0.1, 0.15) is 30.4 Å². The van der Waals surface area contributed by atoms with Gasteiger partial charge in [-0.15, -0.1) is 0 Å². The van der Waals surface area contributed by atoms with Crippen molar-refractivity contribution in [2.45, 2.75) is 25.7 Å². The Morgan fingerprint density at radius 2 is 1.81 bits per heavy atom. The van der Waals surface area contributed by atoms with E-state index in [0.29, 0.717) is 25.9 Å². The highest BCUT2D eigenvalue weighted by Crippen LogP contribution is 2.36. The molecule has 0 saturated carbocycles. The molecule has 5 heteroatoms. The molecule has 31 heavy (non-hydrogen) atoms. The average molecular weight is 433 g/mol. The van der Waals surface area contributed by atoms with Gasteiger partial charge in [-0.1, -0.05) is 54.6 Å². The molecule has 160 valence electrons. The molecular formula is C26H28N2O2S. The van der Waals surface area contributed by atoms with E-state index in [4.69, 9.17) is 0 Å². The zero-order valence-corrected chi connectivity index (χ0v) is 18.8. The summed E-state index contributed by atoms with van der Waals surface area (Å²) in [4.78, 5) is 28.0. The summed E-state index contributed by atoms with van der Waals surface area (Å²) in [6.45, 7) is 3.01. The van der Waals surface area contributed by atoms with E-state index < -0.39 is 5.41 Å². The topological polar surface area (TPSA) is 49.4 Å². The molecule has 0 aliphatic carbocycles. The summed E-state index contributed by atoms with van der Waals surface area (Å²) in [7, 11) is 1.68. The number of likely N-dealkylation sites (tertiary alicyclic amines) is 1. The number of carbonyl (C=O) groups is 2. The molecule has 1 aliphatic heterocycles. The Kier molecular flexibility index (Phi) is 6.23. The molecule has 0 spiro atoms. The first-order chi connectivity index (χ1) is 15.0. The molecule has 2 atom stereocenters. The van der Waals surface area contributed by atoms with Gasteiger partial charge in [-0.3, -0.25) is 9.59 Å². The minimum atomic E-state index is -0.593. The predicted molar refractivity (Wildman–Crippen MR) is 126 cm³/mol. The summed E-state index contributed by atoms with van der Waals surface area (Å²) >= 11 is 1.68. The maximum Gasteiger partial charge on any atom is 0.229 e. The van der Waals surface area contributed by atoms with Gasteiger partial charge in [0.1, 0.15) is 0 Å². The normalized spacial score (nSPS) is 19.2. The van der Waals surface area contributed by atoms with Crippen molar-refractivity contribution >= 4 is 23.2 Å². The first-order valence-electron chi connectivity index (χ1n) is 10.7. The van der Waals surface area contributed by atoms with Crippen LogP contribution in [0.15, 0.2) is 71.4 Å². The Bertz CT molecular complexity index is 1030. The molecule has 4 nitrogen and oxygen atoms in total. The Morgan fingerprint density at radius 3 is 2.45 bits per heavy atom. The van der Waals surface area contributed by atoms with E-state index in [9.17, 15) is 9.59 Å². The summed E-state index contributed by atoms with van der Waals surface area (Å²) in [5.74, 6) is -0.117. The lowest BCUT2D eigenvalue weighted by Crippen LogP contribution is -2.44. The van der Waals surface area contributed by atoms with E-state index in [2.05, 4.69) is 46.4 Å². The fourth-order valence-electron chi connectivity index (χ4n) is 4.53. The molecule has 2 amide bonds. The fraction of sp³-hybridized carbons (Fsp3) is 0.308. The van der Waals surface area contributed by atoms with Crippen molar-refractivity contribution in [1.82, 2.24) is 10.2 Å². The lowest BCUT2D eigenvalue weighted by molar-refractivity contribution is -0.133. The van der Waals surface area contributed by atoms with Crippen LogP contribution in [0.5, 0.6) is 0 Å². The van der Waals surface area contributed by atoms with Gasteiger partial charge in [0.2, 0.25) is 11.8 Å². The van der Waals surface area contributed by atoms with E-state index in [1.165, 1.54) is 11.1 Å². The zero-order chi connectivity index (χ0) is 21.8. The van der Waals surface area contributed by atoms with E-state index in [0.717, 1.165) is 11.1 Å². The minimum absolute atomic E-state index is 0.0112. The van der Waals surface area contributed by atoms with E-state index in [1.54, 1.807) is 18.4 Å². The number of hydrogen-bond acceptors (Lipinski definition) is 3. The highest BCUT2D eigenvalue weighted by molar-refractivity contribution is 7.08. The Balaban J connectivity index is 1.51. The highest BCUT2D eigenvalue weighted by atomic mass is 32.1. The van der Waals surface area contributed by atoms with E-state index in [1.807, 2.05) is 42.2 Å². The number of amides is 2. The van der Waals surface area contributed by atoms with Crippen molar-refractivity contribution in [2.75, 3.05) is 20.1 Å². The van der Waals surface area contributed by atoms with Gasteiger partial charge < -0.3 is 10.2 Å². The maximum atomic E-state index is 13.2. The van der Waals surface area contributed by atoms with Gasteiger partial charge in [-0.25, -0.2) is 0 Å². The third kappa shape index (κ3) is 4.42. The van der Waals surface area contributed by atoms with Crippen molar-refractivity contribution in [1.29, 1.82) is 0 Å². The van der Waals surface area contributed by atoms with E-state index >= 15 is 0 Å². The second kappa shape index (κ2) is 9.06. The average Bonchev–Trinajstić information content (AvgIpc) is 3.50. The molecule has 3 aromatic rings. The number of hydrogen-bond donors (Lipinski definition) is 1. The van der Waals surface area contributed by atoms with Crippen LogP contribution in [0, 0.1) is 5.41 Å². The summed E-state index contributed by atoms with van der Waals surface area (Å²) < 4.78 is 0. The van der Waals surface area contributed by atoms with Crippen LogP contribution in [-0.4, -0.2) is 36.9 Å². The Hall–Kier alpha value is -2.92. The van der Waals surface area contributed by atoms with Crippen LogP contribution < -0.4 is 5.32 Å². The summed E-state index contributed by atoms with van der Waals surface area (Å²) in [5, 5.41) is 7.05. The van der Waals surface area contributed by atoms with Crippen LogP contribution in [-0.2, 0) is 16.0 Å². The second-order valence-corrected chi connectivity index (χ2v) is 9.17. The van der Waals surface area contributed by atoms with Gasteiger partial charge in [0.25, 0.3) is 0 Å². The van der Waals surface area contributed by atoms with Gasteiger partial charge in [0.05, 0.1) is 11.3 Å². The third-order valence-corrected chi connectivity index (χ3v) is 7.08.